The lowest BCUT2D eigenvalue weighted by molar-refractivity contribution is 0.274. The molecule has 3 rings (SSSR count). The first kappa shape index (κ1) is 10.2. The largest absolute Gasteiger partial charge is 0.493 e. The number of anilines is 1. The third-order valence-electron chi connectivity index (χ3n) is 3.07. The SMILES string of the molecule is c1ccc(N[C@@H]2CCOc3ccccc32)cc1. The summed E-state index contributed by atoms with van der Waals surface area (Å²) in [4.78, 5) is 0. The van der Waals surface area contributed by atoms with Gasteiger partial charge in [0, 0.05) is 17.7 Å². The molecule has 1 aliphatic rings. The van der Waals surface area contributed by atoms with E-state index < -0.39 is 0 Å². The summed E-state index contributed by atoms with van der Waals surface area (Å²) in [5, 5.41) is 3.56. The smallest absolute Gasteiger partial charge is 0.124 e. The third-order valence-corrected chi connectivity index (χ3v) is 3.07. The fourth-order valence-electron chi connectivity index (χ4n) is 2.23. The number of fused-ring (bicyclic) bond motifs is 1. The van der Waals surface area contributed by atoms with Crippen molar-refractivity contribution in [2.24, 2.45) is 0 Å². The number of para-hydroxylation sites is 2. The van der Waals surface area contributed by atoms with Crippen LogP contribution in [0.5, 0.6) is 5.75 Å². The highest BCUT2D eigenvalue weighted by Crippen LogP contribution is 2.33. The molecule has 0 radical (unpaired) electrons. The molecule has 0 saturated carbocycles. The van der Waals surface area contributed by atoms with Crippen LogP contribution in [0.1, 0.15) is 18.0 Å². The van der Waals surface area contributed by atoms with Gasteiger partial charge in [0.05, 0.1) is 12.6 Å². The van der Waals surface area contributed by atoms with E-state index in [4.69, 9.17) is 4.74 Å². The zero-order valence-electron chi connectivity index (χ0n) is 9.60. The Morgan fingerprint density at radius 2 is 1.71 bits per heavy atom. The van der Waals surface area contributed by atoms with E-state index in [1.165, 1.54) is 5.56 Å². The monoisotopic (exact) mass is 225 g/mol. The van der Waals surface area contributed by atoms with Crippen molar-refractivity contribution in [3.05, 3.63) is 60.2 Å². The second kappa shape index (κ2) is 4.50. The first-order valence-corrected chi connectivity index (χ1v) is 5.97. The van der Waals surface area contributed by atoms with Crippen LogP contribution in [0.25, 0.3) is 0 Å². The Bertz CT molecular complexity index is 495. The van der Waals surface area contributed by atoms with Gasteiger partial charge in [0.25, 0.3) is 0 Å². The Kier molecular flexibility index (Phi) is 2.70. The maximum atomic E-state index is 5.65. The van der Waals surface area contributed by atoms with Gasteiger partial charge in [-0.2, -0.15) is 0 Å². The van der Waals surface area contributed by atoms with Crippen molar-refractivity contribution >= 4 is 5.69 Å². The first-order valence-electron chi connectivity index (χ1n) is 5.97. The average molecular weight is 225 g/mol. The van der Waals surface area contributed by atoms with Crippen molar-refractivity contribution in [1.29, 1.82) is 0 Å². The van der Waals surface area contributed by atoms with Gasteiger partial charge >= 0.3 is 0 Å². The van der Waals surface area contributed by atoms with E-state index in [1.807, 2.05) is 30.3 Å². The Hall–Kier alpha value is -1.96. The topological polar surface area (TPSA) is 21.3 Å². The highest BCUT2D eigenvalue weighted by Gasteiger charge is 2.20. The van der Waals surface area contributed by atoms with Crippen molar-refractivity contribution < 1.29 is 4.74 Å². The van der Waals surface area contributed by atoms with Crippen LogP contribution < -0.4 is 10.1 Å². The number of nitrogens with one attached hydrogen (secondary N) is 1. The van der Waals surface area contributed by atoms with Gasteiger partial charge in [-0.25, -0.2) is 0 Å². The number of hydrogen-bond acceptors (Lipinski definition) is 2. The molecule has 1 aliphatic heterocycles. The summed E-state index contributed by atoms with van der Waals surface area (Å²) in [6.45, 7) is 0.779. The molecule has 2 heteroatoms. The van der Waals surface area contributed by atoms with Gasteiger partial charge in [-0.3, -0.25) is 0 Å². The Labute approximate surface area is 101 Å². The van der Waals surface area contributed by atoms with Crippen LogP contribution in [0, 0.1) is 0 Å². The molecule has 0 unspecified atom stereocenters. The third kappa shape index (κ3) is 2.11. The van der Waals surface area contributed by atoms with E-state index >= 15 is 0 Å². The van der Waals surface area contributed by atoms with Crippen molar-refractivity contribution in [3.8, 4) is 5.75 Å². The lowest BCUT2D eigenvalue weighted by Gasteiger charge is -2.27. The molecule has 0 spiro atoms. The number of hydrogen-bond donors (Lipinski definition) is 1. The van der Waals surface area contributed by atoms with Crippen LogP contribution in [-0.2, 0) is 0 Å². The number of ether oxygens (including phenoxy) is 1. The van der Waals surface area contributed by atoms with E-state index in [1.54, 1.807) is 0 Å². The summed E-state index contributed by atoms with van der Waals surface area (Å²) in [7, 11) is 0. The first-order chi connectivity index (χ1) is 8.43. The second-order valence-electron chi connectivity index (χ2n) is 4.24. The van der Waals surface area contributed by atoms with Crippen LogP contribution in [0.15, 0.2) is 54.6 Å². The summed E-state index contributed by atoms with van der Waals surface area (Å²) in [6.07, 6.45) is 1.01. The van der Waals surface area contributed by atoms with Gasteiger partial charge < -0.3 is 10.1 Å². The summed E-state index contributed by atoms with van der Waals surface area (Å²) >= 11 is 0. The van der Waals surface area contributed by atoms with E-state index in [2.05, 4.69) is 29.6 Å². The quantitative estimate of drug-likeness (QED) is 0.842. The minimum atomic E-state index is 0.349. The summed E-state index contributed by atoms with van der Waals surface area (Å²) in [6, 6.07) is 18.9. The van der Waals surface area contributed by atoms with E-state index in [0.717, 1.165) is 24.5 Å². The summed E-state index contributed by atoms with van der Waals surface area (Å²) in [5.74, 6) is 1.01. The Balaban J connectivity index is 1.86. The molecule has 2 aromatic rings. The molecule has 17 heavy (non-hydrogen) atoms. The second-order valence-corrected chi connectivity index (χ2v) is 4.24. The molecule has 86 valence electrons. The molecule has 0 saturated heterocycles. The molecule has 0 aliphatic carbocycles. The van der Waals surface area contributed by atoms with Crippen molar-refractivity contribution in [3.63, 3.8) is 0 Å². The van der Waals surface area contributed by atoms with Crippen LogP contribution in [-0.4, -0.2) is 6.61 Å². The highest BCUT2D eigenvalue weighted by atomic mass is 16.5. The van der Waals surface area contributed by atoms with Crippen molar-refractivity contribution in [2.45, 2.75) is 12.5 Å². The molecule has 1 N–H and O–H groups in total. The standard InChI is InChI=1S/C15H15NO/c1-2-6-12(7-3-1)16-14-10-11-17-15-9-5-4-8-13(14)15/h1-9,14,16H,10-11H2/t14-/m1/s1. The van der Waals surface area contributed by atoms with Crippen LogP contribution in [0.3, 0.4) is 0 Å². The molecular formula is C15H15NO. The fraction of sp³-hybridized carbons (Fsp3) is 0.200. The van der Waals surface area contributed by atoms with Gasteiger partial charge in [0.15, 0.2) is 0 Å². The zero-order valence-corrected chi connectivity index (χ0v) is 9.60. The minimum absolute atomic E-state index is 0.349. The molecule has 1 heterocycles. The fourth-order valence-corrected chi connectivity index (χ4v) is 2.23. The predicted octanol–water partition coefficient (Wildman–Crippen LogP) is 3.62. The van der Waals surface area contributed by atoms with E-state index in [0.29, 0.717) is 6.04 Å². The molecular weight excluding hydrogens is 210 g/mol. The van der Waals surface area contributed by atoms with Gasteiger partial charge in [-0.05, 0) is 18.2 Å². The van der Waals surface area contributed by atoms with Crippen molar-refractivity contribution in [2.75, 3.05) is 11.9 Å². The zero-order chi connectivity index (χ0) is 11.5. The Morgan fingerprint density at radius 1 is 0.941 bits per heavy atom. The Morgan fingerprint density at radius 3 is 2.59 bits per heavy atom. The van der Waals surface area contributed by atoms with Crippen LogP contribution in [0.4, 0.5) is 5.69 Å². The predicted molar refractivity (Wildman–Crippen MR) is 69.4 cm³/mol. The minimum Gasteiger partial charge on any atom is -0.493 e. The molecule has 2 aromatic carbocycles. The molecule has 2 nitrogen and oxygen atoms in total. The maximum Gasteiger partial charge on any atom is 0.124 e. The normalized spacial score (nSPS) is 18.0. The van der Waals surface area contributed by atoms with Crippen LogP contribution >= 0.6 is 0 Å². The van der Waals surface area contributed by atoms with E-state index in [9.17, 15) is 0 Å². The maximum absolute atomic E-state index is 5.65. The van der Waals surface area contributed by atoms with Crippen LogP contribution in [0.2, 0.25) is 0 Å². The van der Waals surface area contributed by atoms with Gasteiger partial charge in [0.1, 0.15) is 5.75 Å². The lowest BCUT2D eigenvalue weighted by Crippen LogP contribution is -2.20. The summed E-state index contributed by atoms with van der Waals surface area (Å²) in [5.41, 5.74) is 2.41. The van der Waals surface area contributed by atoms with E-state index in [-0.39, 0.29) is 0 Å². The van der Waals surface area contributed by atoms with Crippen molar-refractivity contribution in [1.82, 2.24) is 0 Å². The van der Waals surface area contributed by atoms with Gasteiger partial charge in [-0.15, -0.1) is 0 Å². The van der Waals surface area contributed by atoms with Gasteiger partial charge in [-0.1, -0.05) is 36.4 Å². The molecule has 0 fully saturated rings. The number of benzene rings is 2. The highest BCUT2D eigenvalue weighted by molar-refractivity contribution is 5.48. The lowest BCUT2D eigenvalue weighted by atomic mass is 10.0. The van der Waals surface area contributed by atoms with Gasteiger partial charge in [0.2, 0.25) is 0 Å². The molecule has 1 atom stereocenters. The number of rotatable bonds is 2. The summed E-state index contributed by atoms with van der Waals surface area (Å²) < 4.78 is 5.65. The molecule has 0 aromatic heterocycles. The molecule has 0 amide bonds. The molecule has 0 bridgehead atoms. The average Bonchev–Trinajstić information content (AvgIpc) is 2.40.